The maximum atomic E-state index is 12.6. The van der Waals surface area contributed by atoms with Crippen molar-refractivity contribution in [3.63, 3.8) is 0 Å². The van der Waals surface area contributed by atoms with E-state index in [1.165, 1.54) is 31.0 Å². The zero-order valence-corrected chi connectivity index (χ0v) is 16.8. The number of hydrogen-bond donors (Lipinski definition) is 0. The number of carbonyl (C=O) groups is 1. The Morgan fingerprint density at radius 2 is 2.00 bits per heavy atom. The van der Waals surface area contributed by atoms with Crippen LogP contribution in [0.5, 0.6) is 0 Å². The molecule has 1 aliphatic rings. The van der Waals surface area contributed by atoms with Gasteiger partial charge in [0.15, 0.2) is 11.0 Å². The van der Waals surface area contributed by atoms with Crippen molar-refractivity contribution in [2.75, 3.05) is 26.5 Å². The summed E-state index contributed by atoms with van der Waals surface area (Å²) in [4.78, 5) is 18.6. The van der Waals surface area contributed by atoms with Crippen LogP contribution in [0.2, 0.25) is 0 Å². The molecule has 0 spiro atoms. The predicted octanol–water partition coefficient (Wildman–Crippen LogP) is 2.87. The number of carbonyl (C=O) groups excluding carboxylic acids is 1. The average molecular weight is 390 g/mol. The van der Waals surface area contributed by atoms with Crippen LogP contribution in [-0.2, 0) is 16.1 Å². The van der Waals surface area contributed by atoms with Gasteiger partial charge >= 0.3 is 0 Å². The molecule has 0 atom stereocenters. The molecule has 0 aliphatic heterocycles. The molecule has 1 amide bonds. The van der Waals surface area contributed by atoms with E-state index in [4.69, 9.17) is 4.74 Å². The molecule has 8 heteroatoms. The molecule has 1 fully saturated rings. The van der Waals surface area contributed by atoms with E-state index in [2.05, 4.69) is 15.2 Å². The van der Waals surface area contributed by atoms with Gasteiger partial charge in [-0.2, -0.15) is 0 Å². The maximum Gasteiger partial charge on any atom is 0.233 e. The number of ether oxygens (including phenoxy) is 1. The molecule has 0 saturated heterocycles. The minimum absolute atomic E-state index is 0.152. The van der Waals surface area contributed by atoms with Crippen LogP contribution < -0.4 is 0 Å². The van der Waals surface area contributed by atoms with Crippen molar-refractivity contribution in [3.05, 3.63) is 24.5 Å². The molecule has 3 rings (SSSR count). The topological polar surface area (TPSA) is 73.1 Å². The van der Waals surface area contributed by atoms with E-state index in [-0.39, 0.29) is 5.91 Å². The largest absolute Gasteiger partial charge is 0.383 e. The van der Waals surface area contributed by atoms with Gasteiger partial charge in [-0.15, -0.1) is 10.2 Å². The van der Waals surface area contributed by atoms with Crippen LogP contribution in [0.3, 0.4) is 0 Å². The molecule has 0 unspecified atom stereocenters. The van der Waals surface area contributed by atoms with E-state index >= 15 is 0 Å². The average Bonchev–Trinajstić information content (AvgIpc) is 3.13. The van der Waals surface area contributed by atoms with E-state index in [1.54, 1.807) is 19.5 Å². The van der Waals surface area contributed by atoms with Crippen LogP contribution in [0.25, 0.3) is 11.4 Å². The van der Waals surface area contributed by atoms with Crippen molar-refractivity contribution in [3.8, 4) is 11.4 Å². The van der Waals surface area contributed by atoms with Gasteiger partial charge < -0.3 is 9.64 Å². The van der Waals surface area contributed by atoms with Crippen molar-refractivity contribution in [1.29, 1.82) is 0 Å². The second-order valence-corrected chi connectivity index (χ2v) is 7.71. The molecule has 27 heavy (non-hydrogen) atoms. The Balaban J connectivity index is 1.68. The highest BCUT2D eigenvalue weighted by atomic mass is 32.2. The Morgan fingerprint density at radius 3 is 2.70 bits per heavy atom. The number of methoxy groups -OCH3 is 1. The van der Waals surface area contributed by atoms with Crippen molar-refractivity contribution < 1.29 is 9.53 Å². The van der Waals surface area contributed by atoms with E-state index in [9.17, 15) is 4.79 Å². The lowest BCUT2D eigenvalue weighted by Gasteiger charge is -2.31. The van der Waals surface area contributed by atoms with Gasteiger partial charge in [-0.05, 0) is 25.0 Å². The second kappa shape index (κ2) is 9.85. The van der Waals surface area contributed by atoms with Crippen molar-refractivity contribution in [2.24, 2.45) is 0 Å². The van der Waals surface area contributed by atoms with Gasteiger partial charge in [-0.1, -0.05) is 31.0 Å². The molecule has 2 aromatic rings. The minimum Gasteiger partial charge on any atom is -0.383 e. The molecule has 0 N–H and O–H groups in total. The van der Waals surface area contributed by atoms with E-state index in [1.807, 2.05) is 28.6 Å². The zero-order valence-electron chi connectivity index (χ0n) is 16.0. The summed E-state index contributed by atoms with van der Waals surface area (Å²) >= 11 is 1.44. The molecule has 7 nitrogen and oxygen atoms in total. The molecule has 1 saturated carbocycles. The highest BCUT2D eigenvalue weighted by molar-refractivity contribution is 7.99. The van der Waals surface area contributed by atoms with Crippen LogP contribution >= 0.6 is 11.8 Å². The zero-order chi connectivity index (χ0) is 19.1. The number of amides is 1. The number of nitrogens with zero attached hydrogens (tertiary/aromatic N) is 5. The summed E-state index contributed by atoms with van der Waals surface area (Å²) in [5.41, 5.74) is 0.950. The summed E-state index contributed by atoms with van der Waals surface area (Å²) in [5, 5.41) is 9.39. The standard InChI is InChI=1S/C19H27N5O2S/c1-23(16-6-4-3-5-7-16)17(25)14-27-19-22-21-18(24(19)12-13-26-2)15-8-10-20-11-9-15/h8-11,16H,3-7,12-14H2,1-2H3. The summed E-state index contributed by atoms with van der Waals surface area (Å²) in [6.07, 6.45) is 9.42. The van der Waals surface area contributed by atoms with Crippen LogP contribution in [0.4, 0.5) is 0 Å². The minimum atomic E-state index is 0.152. The van der Waals surface area contributed by atoms with Gasteiger partial charge in [-0.3, -0.25) is 14.3 Å². The quantitative estimate of drug-likeness (QED) is 0.647. The summed E-state index contributed by atoms with van der Waals surface area (Å²) in [6, 6.07) is 4.19. The molecular weight excluding hydrogens is 362 g/mol. The first-order valence-corrected chi connectivity index (χ1v) is 10.4. The maximum absolute atomic E-state index is 12.6. The molecule has 0 bridgehead atoms. The summed E-state index contributed by atoms with van der Waals surface area (Å²) in [6.45, 7) is 1.19. The lowest BCUT2D eigenvalue weighted by molar-refractivity contribution is -0.129. The lowest BCUT2D eigenvalue weighted by atomic mass is 9.94. The SMILES string of the molecule is COCCn1c(SCC(=O)N(C)C2CCCCC2)nnc1-c1ccncc1. The number of thioether (sulfide) groups is 1. The number of pyridine rings is 1. The molecular formula is C19H27N5O2S. The first kappa shape index (κ1) is 19.8. The second-order valence-electron chi connectivity index (χ2n) is 6.77. The van der Waals surface area contributed by atoms with Crippen molar-refractivity contribution in [2.45, 2.75) is 49.8 Å². The Hall–Kier alpha value is -1.93. The molecule has 0 aromatic carbocycles. The Morgan fingerprint density at radius 1 is 1.26 bits per heavy atom. The van der Waals surface area contributed by atoms with Crippen molar-refractivity contribution in [1.82, 2.24) is 24.6 Å². The highest BCUT2D eigenvalue weighted by Crippen LogP contribution is 2.25. The molecule has 0 radical (unpaired) electrons. The highest BCUT2D eigenvalue weighted by Gasteiger charge is 2.23. The fourth-order valence-corrected chi connectivity index (χ4v) is 4.28. The van der Waals surface area contributed by atoms with Crippen LogP contribution in [0.15, 0.2) is 29.7 Å². The van der Waals surface area contributed by atoms with Crippen LogP contribution in [0.1, 0.15) is 32.1 Å². The van der Waals surface area contributed by atoms with E-state index in [0.29, 0.717) is 24.9 Å². The molecule has 1 aliphatic carbocycles. The first-order valence-electron chi connectivity index (χ1n) is 9.41. The van der Waals surface area contributed by atoms with Gasteiger partial charge in [0.05, 0.1) is 18.9 Å². The number of hydrogen-bond acceptors (Lipinski definition) is 6. The first-order chi connectivity index (χ1) is 13.2. The number of aromatic nitrogens is 4. The fourth-order valence-electron chi connectivity index (χ4n) is 3.39. The monoisotopic (exact) mass is 389 g/mol. The predicted molar refractivity (Wildman–Crippen MR) is 105 cm³/mol. The summed E-state index contributed by atoms with van der Waals surface area (Å²) in [7, 11) is 3.60. The summed E-state index contributed by atoms with van der Waals surface area (Å²) < 4.78 is 7.24. The molecule has 146 valence electrons. The smallest absolute Gasteiger partial charge is 0.233 e. The van der Waals surface area contributed by atoms with Crippen LogP contribution in [-0.4, -0.2) is 63.1 Å². The Labute approximate surface area is 164 Å². The Kier molecular flexibility index (Phi) is 7.23. The van der Waals surface area contributed by atoms with Gasteiger partial charge in [-0.25, -0.2) is 0 Å². The van der Waals surface area contributed by atoms with Gasteiger partial charge in [0.2, 0.25) is 5.91 Å². The normalized spacial score (nSPS) is 15.0. The molecule has 2 aromatic heterocycles. The molecule has 2 heterocycles. The van der Waals surface area contributed by atoms with E-state index < -0.39 is 0 Å². The van der Waals surface area contributed by atoms with Gasteiger partial charge in [0.25, 0.3) is 0 Å². The third-order valence-electron chi connectivity index (χ3n) is 5.01. The van der Waals surface area contributed by atoms with Gasteiger partial charge in [0.1, 0.15) is 0 Å². The van der Waals surface area contributed by atoms with Crippen LogP contribution in [0, 0.1) is 0 Å². The summed E-state index contributed by atoms with van der Waals surface area (Å²) in [5.74, 6) is 1.29. The van der Waals surface area contributed by atoms with Crippen molar-refractivity contribution >= 4 is 17.7 Å². The number of rotatable bonds is 8. The van der Waals surface area contributed by atoms with Gasteiger partial charge in [0, 0.05) is 38.2 Å². The third-order valence-corrected chi connectivity index (χ3v) is 5.97. The van der Waals surface area contributed by atoms with E-state index in [0.717, 1.165) is 29.4 Å². The lowest BCUT2D eigenvalue weighted by Crippen LogP contribution is -2.39. The Bertz CT molecular complexity index is 731. The fraction of sp³-hybridized carbons (Fsp3) is 0.579. The third kappa shape index (κ3) is 5.07.